The zero-order chi connectivity index (χ0) is 15.8. The number of methoxy groups -OCH3 is 1. The zero-order valence-corrected chi connectivity index (χ0v) is 15.3. The molecule has 2 rings (SSSR count). The summed E-state index contributed by atoms with van der Waals surface area (Å²) >= 11 is 0. The van der Waals surface area contributed by atoms with Gasteiger partial charge in [0.2, 0.25) is 5.91 Å². The van der Waals surface area contributed by atoms with Crippen molar-refractivity contribution in [1.82, 2.24) is 20.1 Å². The summed E-state index contributed by atoms with van der Waals surface area (Å²) in [4.78, 5) is 11.8. The normalized spacial score (nSPS) is 9.75. The van der Waals surface area contributed by atoms with Crippen molar-refractivity contribution in [3.63, 3.8) is 0 Å². The molecular weight excluding hydrogens is 353 g/mol. The van der Waals surface area contributed by atoms with E-state index >= 15 is 0 Å². The third kappa shape index (κ3) is 6.45. The number of amides is 1. The van der Waals surface area contributed by atoms with Crippen molar-refractivity contribution in [2.75, 3.05) is 32.1 Å². The van der Waals surface area contributed by atoms with E-state index < -0.39 is 0 Å². The van der Waals surface area contributed by atoms with Crippen molar-refractivity contribution in [2.24, 2.45) is 0 Å². The van der Waals surface area contributed by atoms with Gasteiger partial charge in [-0.15, -0.1) is 35.0 Å². The average molecular weight is 376 g/mol. The van der Waals surface area contributed by atoms with E-state index in [1.165, 1.54) is 0 Å². The number of nitrogens with zero attached hydrogens (tertiary/aromatic N) is 3. The van der Waals surface area contributed by atoms with Gasteiger partial charge in [0.1, 0.15) is 6.33 Å². The predicted octanol–water partition coefficient (Wildman–Crippen LogP) is 1.98. The summed E-state index contributed by atoms with van der Waals surface area (Å²) in [5.74, 6) is 0.696. The minimum absolute atomic E-state index is 0. The maximum absolute atomic E-state index is 11.8. The van der Waals surface area contributed by atoms with Gasteiger partial charge < -0.3 is 19.9 Å². The molecular formula is C15H23Cl2N5O2. The van der Waals surface area contributed by atoms with Gasteiger partial charge in [0.25, 0.3) is 0 Å². The minimum Gasteiger partial charge on any atom is -0.383 e. The van der Waals surface area contributed by atoms with Gasteiger partial charge in [0, 0.05) is 31.5 Å². The summed E-state index contributed by atoms with van der Waals surface area (Å²) in [6.45, 7) is 4.30. The van der Waals surface area contributed by atoms with E-state index in [0.29, 0.717) is 13.2 Å². The molecule has 1 aromatic heterocycles. The van der Waals surface area contributed by atoms with Crippen molar-refractivity contribution in [3.05, 3.63) is 30.6 Å². The van der Waals surface area contributed by atoms with Gasteiger partial charge in [-0.05, 0) is 19.1 Å². The predicted molar refractivity (Wildman–Crippen MR) is 99.0 cm³/mol. The molecule has 0 saturated heterocycles. The summed E-state index contributed by atoms with van der Waals surface area (Å²) in [6, 6.07) is 7.58. The molecule has 0 spiro atoms. The molecule has 1 heterocycles. The Morgan fingerprint density at radius 3 is 2.83 bits per heavy atom. The Balaban J connectivity index is 0.00000264. The maximum Gasteiger partial charge on any atom is 0.238 e. The molecule has 134 valence electrons. The van der Waals surface area contributed by atoms with Gasteiger partial charge in [-0.1, -0.05) is 12.1 Å². The molecule has 0 radical (unpaired) electrons. The highest BCUT2D eigenvalue weighted by Crippen LogP contribution is 2.20. The van der Waals surface area contributed by atoms with Crippen LogP contribution in [0.3, 0.4) is 0 Å². The first-order chi connectivity index (χ1) is 10.7. The number of carbonyl (C=O) groups is 1. The van der Waals surface area contributed by atoms with Crippen molar-refractivity contribution < 1.29 is 9.53 Å². The second-order valence-electron chi connectivity index (χ2n) is 4.74. The highest BCUT2D eigenvalue weighted by molar-refractivity contribution is 5.92. The van der Waals surface area contributed by atoms with Crippen LogP contribution < -0.4 is 10.6 Å². The molecule has 0 aliphatic rings. The van der Waals surface area contributed by atoms with Crippen LogP contribution in [-0.4, -0.2) is 47.5 Å². The van der Waals surface area contributed by atoms with Gasteiger partial charge in [0.05, 0.1) is 13.2 Å². The van der Waals surface area contributed by atoms with Crippen LogP contribution in [0.1, 0.15) is 6.92 Å². The quantitative estimate of drug-likeness (QED) is 0.689. The molecule has 9 heteroatoms. The summed E-state index contributed by atoms with van der Waals surface area (Å²) in [5, 5.41) is 13.9. The molecule has 0 aliphatic carbocycles. The summed E-state index contributed by atoms with van der Waals surface area (Å²) < 4.78 is 6.86. The number of anilines is 1. The fraction of sp³-hybridized carbons (Fsp3) is 0.400. The number of hydrogen-bond donors (Lipinski definition) is 2. The molecule has 2 aromatic rings. The van der Waals surface area contributed by atoms with E-state index in [2.05, 4.69) is 20.8 Å². The van der Waals surface area contributed by atoms with Crippen LogP contribution in [0, 0.1) is 0 Å². The van der Waals surface area contributed by atoms with Crippen LogP contribution in [0.2, 0.25) is 0 Å². The van der Waals surface area contributed by atoms with E-state index in [1.807, 2.05) is 35.8 Å². The first-order valence-corrected chi connectivity index (χ1v) is 7.22. The molecule has 2 N–H and O–H groups in total. The van der Waals surface area contributed by atoms with Crippen molar-refractivity contribution in [3.8, 4) is 11.4 Å². The molecule has 24 heavy (non-hydrogen) atoms. The van der Waals surface area contributed by atoms with E-state index in [9.17, 15) is 4.79 Å². The zero-order valence-electron chi connectivity index (χ0n) is 13.7. The maximum atomic E-state index is 11.8. The lowest BCUT2D eigenvalue weighted by Crippen LogP contribution is -2.30. The van der Waals surface area contributed by atoms with E-state index in [-0.39, 0.29) is 37.3 Å². The molecule has 0 atom stereocenters. The van der Waals surface area contributed by atoms with Crippen LogP contribution in [0.25, 0.3) is 11.4 Å². The Morgan fingerprint density at radius 1 is 1.33 bits per heavy atom. The highest BCUT2D eigenvalue weighted by Gasteiger charge is 2.08. The molecule has 0 bridgehead atoms. The molecule has 0 unspecified atom stereocenters. The first-order valence-electron chi connectivity index (χ1n) is 7.22. The molecule has 1 amide bonds. The van der Waals surface area contributed by atoms with Crippen LogP contribution >= 0.6 is 24.8 Å². The number of ether oxygens (including phenoxy) is 1. The summed E-state index contributed by atoms with van der Waals surface area (Å²) in [7, 11) is 1.63. The van der Waals surface area contributed by atoms with Crippen LogP contribution in [0.15, 0.2) is 30.6 Å². The summed E-state index contributed by atoms with van der Waals surface area (Å²) in [6.07, 6.45) is 1.69. The Bertz CT molecular complexity index is 621. The Labute approximate surface area is 154 Å². The van der Waals surface area contributed by atoms with Crippen LogP contribution in [0.4, 0.5) is 5.69 Å². The summed E-state index contributed by atoms with van der Waals surface area (Å²) in [5.41, 5.74) is 1.66. The minimum atomic E-state index is -0.0924. The topological polar surface area (TPSA) is 81.1 Å². The van der Waals surface area contributed by atoms with E-state index in [4.69, 9.17) is 4.74 Å². The van der Waals surface area contributed by atoms with Crippen molar-refractivity contribution in [1.29, 1.82) is 0 Å². The van der Waals surface area contributed by atoms with Gasteiger partial charge in [0.15, 0.2) is 5.82 Å². The Kier molecular flexibility index (Phi) is 11.0. The van der Waals surface area contributed by atoms with Crippen molar-refractivity contribution >= 4 is 36.4 Å². The van der Waals surface area contributed by atoms with Gasteiger partial charge in [-0.2, -0.15) is 0 Å². The highest BCUT2D eigenvalue weighted by atomic mass is 35.5. The lowest BCUT2D eigenvalue weighted by molar-refractivity contribution is -0.115. The third-order valence-corrected chi connectivity index (χ3v) is 3.13. The number of aryl methyl sites for hydroxylation is 1. The van der Waals surface area contributed by atoms with Gasteiger partial charge in [-0.3, -0.25) is 4.79 Å². The molecule has 0 fully saturated rings. The first kappa shape index (κ1) is 22.3. The average Bonchev–Trinajstić information content (AvgIpc) is 3.00. The SMILES string of the molecule is CCn1cnnc1-c1cccc(NC(=O)CNCCOC)c1.Cl.Cl. The number of carbonyl (C=O) groups excluding carboxylic acids is 1. The molecule has 7 nitrogen and oxygen atoms in total. The number of rotatable bonds is 8. The fourth-order valence-corrected chi connectivity index (χ4v) is 2.03. The van der Waals surface area contributed by atoms with E-state index in [0.717, 1.165) is 23.6 Å². The number of nitrogens with one attached hydrogen (secondary N) is 2. The molecule has 0 aliphatic heterocycles. The molecule has 1 aromatic carbocycles. The molecule has 0 saturated carbocycles. The lowest BCUT2D eigenvalue weighted by Gasteiger charge is -2.08. The monoisotopic (exact) mass is 375 g/mol. The second kappa shape index (κ2) is 11.8. The lowest BCUT2D eigenvalue weighted by atomic mass is 10.2. The largest absolute Gasteiger partial charge is 0.383 e. The number of halogens is 2. The number of aromatic nitrogens is 3. The third-order valence-electron chi connectivity index (χ3n) is 3.13. The fourth-order valence-electron chi connectivity index (χ4n) is 2.03. The Morgan fingerprint density at radius 2 is 2.12 bits per heavy atom. The van der Waals surface area contributed by atoms with Crippen LogP contribution in [-0.2, 0) is 16.1 Å². The number of benzene rings is 1. The van der Waals surface area contributed by atoms with Crippen LogP contribution in [0.5, 0.6) is 0 Å². The van der Waals surface area contributed by atoms with Gasteiger partial charge >= 0.3 is 0 Å². The van der Waals surface area contributed by atoms with Gasteiger partial charge in [-0.25, -0.2) is 0 Å². The smallest absolute Gasteiger partial charge is 0.238 e. The van der Waals surface area contributed by atoms with Crippen molar-refractivity contribution in [2.45, 2.75) is 13.5 Å². The number of hydrogen-bond acceptors (Lipinski definition) is 5. The standard InChI is InChI=1S/C15H21N5O2.2ClH/c1-3-20-11-17-19-15(20)12-5-4-6-13(9-12)18-14(21)10-16-7-8-22-2;;/h4-6,9,11,16H,3,7-8,10H2,1-2H3,(H,18,21);2*1H. The second-order valence-corrected chi connectivity index (χ2v) is 4.74. The van der Waals surface area contributed by atoms with E-state index in [1.54, 1.807) is 13.4 Å². The Hall–Kier alpha value is -1.67.